The Morgan fingerprint density at radius 1 is 1.33 bits per heavy atom. The topological polar surface area (TPSA) is 57.5 Å². The molecule has 0 bridgehead atoms. The lowest BCUT2D eigenvalue weighted by atomic mass is 10.2. The fourth-order valence-electron chi connectivity index (χ4n) is 2.35. The van der Waals surface area contributed by atoms with Crippen molar-refractivity contribution in [1.82, 2.24) is 10.2 Å². The molecule has 0 aromatic heterocycles. The summed E-state index contributed by atoms with van der Waals surface area (Å²) in [5, 5.41) is 12.0. The van der Waals surface area contributed by atoms with Gasteiger partial charge >= 0.3 is 0 Å². The second-order valence-corrected chi connectivity index (χ2v) is 5.29. The van der Waals surface area contributed by atoms with Crippen molar-refractivity contribution in [1.29, 1.82) is 5.26 Å². The molecule has 1 fully saturated rings. The Morgan fingerprint density at radius 2 is 2.05 bits per heavy atom. The van der Waals surface area contributed by atoms with Gasteiger partial charge in [-0.25, -0.2) is 0 Å². The first-order valence-electron chi connectivity index (χ1n) is 7.40. The maximum Gasteiger partial charge on any atom is 0.174 e. The quantitative estimate of drug-likeness (QED) is 0.822. The maximum atomic E-state index is 8.47. The lowest BCUT2D eigenvalue weighted by molar-refractivity contribution is 0.0343. The molecular formula is C16H23N3O2. The van der Waals surface area contributed by atoms with Crippen LogP contribution in [0.5, 0.6) is 5.75 Å². The van der Waals surface area contributed by atoms with Crippen molar-refractivity contribution >= 4 is 0 Å². The lowest BCUT2D eigenvalue weighted by Crippen LogP contribution is -2.44. The average Bonchev–Trinajstić information content (AvgIpc) is 2.53. The molecule has 5 nitrogen and oxygen atoms in total. The zero-order valence-corrected chi connectivity index (χ0v) is 12.5. The van der Waals surface area contributed by atoms with Crippen LogP contribution in [0.1, 0.15) is 12.5 Å². The van der Waals surface area contributed by atoms with Crippen LogP contribution in [0.15, 0.2) is 24.3 Å². The predicted molar refractivity (Wildman–Crippen MR) is 81.1 cm³/mol. The van der Waals surface area contributed by atoms with Crippen LogP contribution in [0, 0.1) is 11.3 Å². The van der Waals surface area contributed by atoms with E-state index in [9.17, 15) is 0 Å². The molecule has 0 aliphatic carbocycles. The summed E-state index contributed by atoms with van der Waals surface area (Å²) < 4.78 is 10.6. The Kier molecular flexibility index (Phi) is 6.48. The van der Waals surface area contributed by atoms with E-state index in [-0.39, 0.29) is 6.61 Å². The Morgan fingerprint density at radius 3 is 2.71 bits per heavy atom. The molecule has 1 saturated heterocycles. The Labute approximate surface area is 126 Å². The molecule has 1 aliphatic rings. The highest BCUT2D eigenvalue weighted by Crippen LogP contribution is 2.12. The maximum absolute atomic E-state index is 8.47. The smallest absolute Gasteiger partial charge is 0.174 e. The second kappa shape index (κ2) is 8.63. The van der Waals surface area contributed by atoms with Gasteiger partial charge in [0.2, 0.25) is 0 Å². The molecule has 1 atom stereocenters. The van der Waals surface area contributed by atoms with Gasteiger partial charge in [-0.3, -0.25) is 4.90 Å². The van der Waals surface area contributed by atoms with Gasteiger partial charge in [0.05, 0.1) is 13.2 Å². The van der Waals surface area contributed by atoms with Crippen molar-refractivity contribution in [2.75, 3.05) is 39.5 Å². The first kappa shape index (κ1) is 15.8. The van der Waals surface area contributed by atoms with Crippen molar-refractivity contribution < 1.29 is 9.47 Å². The van der Waals surface area contributed by atoms with Gasteiger partial charge in [0.1, 0.15) is 11.8 Å². The Bertz CT molecular complexity index is 450. The number of ether oxygens (including phenoxy) is 2. The Hall–Kier alpha value is -1.61. The second-order valence-electron chi connectivity index (χ2n) is 5.29. The summed E-state index contributed by atoms with van der Waals surface area (Å²) >= 11 is 0. The third-order valence-electron chi connectivity index (χ3n) is 3.52. The summed E-state index contributed by atoms with van der Waals surface area (Å²) in [4.78, 5) is 2.43. The number of rotatable bonds is 7. The predicted octanol–water partition coefficient (Wildman–Crippen LogP) is 1.40. The minimum Gasteiger partial charge on any atom is -0.479 e. The van der Waals surface area contributed by atoms with Crippen LogP contribution in [-0.4, -0.2) is 50.4 Å². The molecule has 1 aromatic rings. The zero-order valence-electron chi connectivity index (χ0n) is 12.5. The molecule has 114 valence electrons. The standard InChI is InChI=1S/C16H23N3O2/c1-14(13-19-7-10-20-11-8-19)18-12-15-2-4-16(5-3-15)21-9-6-17/h2-5,14,18H,7-13H2,1H3. The largest absolute Gasteiger partial charge is 0.479 e. The molecule has 0 spiro atoms. The van der Waals surface area contributed by atoms with E-state index >= 15 is 0 Å². The van der Waals surface area contributed by atoms with Crippen molar-refractivity contribution in [3.05, 3.63) is 29.8 Å². The number of hydrogen-bond acceptors (Lipinski definition) is 5. The highest BCUT2D eigenvalue weighted by atomic mass is 16.5. The summed E-state index contributed by atoms with van der Waals surface area (Å²) in [6, 6.07) is 10.3. The van der Waals surface area contributed by atoms with Gasteiger partial charge in [-0.05, 0) is 24.6 Å². The van der Waals surface area contributed by atoms with Crippen LogP contribution >= 0.6 is 0 Å². The molecule has 1 aliphatic heterocycles. The zero-order chi connectivity index (χ0) is 14.9. The SMILES string of the molecule is CC(CN1CCOCC1)NCc1ccc(OCC#N)cc1. The van der Waals surface area contributed by atoms with Crippen LogP contribution in [0.2, 0.25) is 0 Å². The molecule has 5 heteroatoms. The molecule has 1 N–H and O–H groups in total. The first-order chi connectivity index (χ1) is 10.3. The summed E-state index contributed by atoms with van der Waals surface area (Å²) in [5.74, 6) is 0.738. The molecular weight excluding hydrogens is 266 g/mol. The number of benzene rings is 1. The van der Waals surface area contributed by atoms with Crippen molar-refractivity contribution in [3.8, 4) is 11.8 Å². The van der Waals surface area contributed by atoms with Crippen molar-refractivity contribution in [3.63, 3.8) is 0 Å². The van der Waals surface area contributed by atoms with E-state index in [0.29, 0.717) is 6.04 Å². The van der Waals surface area contributed by atoms with Crippen molar-refractivity contribution in [2.45, 2.75) is 19.5 Å². The van der Waals surface area contributed by atoms with Gasteiger partial charge < -0.3 is 14.8 Å². The van der Waals surface area contributed by atoms with Crippen LogP contribution in [-0.2, 0) is 11.3 Å². The molecule has 2 rings (SSSR count). The molecule has 1 heterocycles. The summed E-state index contributed by atoms with van der Waals surface area (Å²) in [6.45, 7) is 7.92. The molecule has 0 amide bonds. The van der Waals surface area contributed by atoms with E-state index in [4.69, 9.17) is 14.7 Å². The van der Waals surface area contributed by atoms with E-state index in [1.54, 1.807) is 0 Å². The van der Waals surface area contributed by atoms with Crippen LogP contribution in [0.4, 0.5) is 0 Å². The molecule has 1 aromatic carbocycles. The average molecular weight is 289 g/mol. The van der Waals surface area contributed by atoms with E-state index < -0.39 is 0 Å². The minimum atomic E-state index is 0.0914. The summed E-state index contributed by atoms with van der Waals surface area (Å²) in [7, 11) is 0. The highest BCUT2D eigenvalue weighted by Gasteiger charge is 2.13. The van der Waals surface area contributed by atoms with Gasteiger partial charge in [0.25, 0.3) is 0 Å². The Balaban J connectivity index is 1.70. The van der Waals surface area contributed by atoms with Crippen LogP contribution in [0.3, 0.4) is 0 Å². The monoisotopic (exact) mass is 289 g/mol. The number of nitrogens with zero attached hydrogens (tertiary/aromatic N) is 2. The van der Waals surface area contributed by atoms with Gasteiger partial charge in [0, 0.05) is 32.2 Å². The van der Waals surface area contributed by atoms with Gasteiger partial charge in [-0.1, -0.05) is 12.1 Å². The molecule has 1 unspecified atom stereocenters. The highest BCUT2D eigenvalue weighted by molar-refractivity contribution is 5.27. The van der Waals surface area contributed by atoms with Gasteiger partial charge in [0.15, 0.2) is 6.61 Å². The van der Waals surface area contributed by atoms with Crippen LogP contribution < -0.4 is 10.1 Å². The minimum absolute atomic E-state index is 0.0914. The molecule has 21 heavy (non-hydrogen) atoms. The fourth-order valence-corrected chi connectivity index (χ4v) is 2.35. The van der Waals surface area contributed by atoms with Gasteiger partial charge in [-0.15, -0.1) is 0 Å². The third-order valence-corrected chi connectivity index (χ3v) is 3.52. The van der Waals surface area contributed by atoms with Crippen LogP contribution in [0.25, 0.3) is 0 Å². The van der Waals surface area contributed by atoms with E-state index in [0.717, 1.165) is 45.1 Å². The van der Waals surface area contributed by atoms with Crippen molar-refractivity contribution in [2.24, 2.45) is 0 Å². The summed E-state index contributed by atoms with van der Waals surface area (Å²) in [5.41, 5.74) is 1.22. The first-order valence-corrected chi connectivity index (χ1v) is 7.40. The normalized spacial score (nSPS) is 17.1. The number of hydrogen-bond donors (Lipinski definition) is 1. The fraction of sp³-hybridized carbons (Fsp3) is 0.562. The van der Waals surface area contributed by atoms with E-state index in [1.807, 2.05) is 30.3 Å². The third kappa shape index (κ3) is 5.72. The molecule has 0 radical (unpaired) electrons. The van der Waals surface area contributed by atoms with E-state index in [1.165, 1.54) is 5.56 Å². The van der Waals surface area contributed by atoms with E-state index in [2.05, 4.69) is 17.1 Å². The molecule has 0 saturated carbocycles. The number of morpholine rings is 1. The number of nitriles is 1. The lowest BCUT2D eigenvalue weighted by Gasteiger charge is -2.29. The summed E-state index contributed by atoms with van der Waals surface area (Å²) in [6.07, 6.45) is 0. The van der Waals surface area contributed by atoms with Gasteiger partial charge in [-0.2, -0.15) is 5.26 Å². The number of nitrogens with one attached hydrogen (secondary N) is 1.